The van der Waals surface area contributed by atoms with Crippen molar-refractivity contribution in [3.05, 3.63) is 71.9 Å². The summed E-state index contributed by atoms with van der Waals surface area (Å²) in [5, 5.41) is 9.00. The van der Waals surface area contributed by atoms with Crippen molar-refractivity contribution < 1.29 is 18.3 Å². The monoisotopic (exact) mass is 347 g/mol. The molecule has 0 heterocycles. The van der Waals surface area contributed by atoms with Crippen molar-refractivity contribution in [1.82, 2.24) is 4.31 Å². The van der Waals surface area contributed by atoms with Crippen LogP contribution in [0.25, 0.3) is 0 Å². The predicted molar refractivity (Wildman–Crippen MR) is 93.1 cm³/mol. The second-order valence-electron chi connectivity index (χ2n) is 5.28. The summed E-state index contributed by atoms with van der Waals surface area (Å²) in [5.74, 6) is 0.706. The number of sulfonamides is 1. The van der Waals surface area contributed by atoms with Gasteiger partial charge >= 0.3 is 0 Å². The van der Waals surface area contributed by atoms with Gasteiger partial charge in [-0.3, -0.25) is 4.31 Å². The molecular formula is C18H21NO4S. The van der Waals surface area contributed by atoms with E-state index in [4.69, 9.17) is 9.84 Å². The molecule has 0 amide bonds. The Morgan fingerprint density at radius 3 is 2.25 bits per heavy atom. The Morgan fingerprint density at radius 2 is 1.71 bits per heavy atom. The van der Waals surface area contributed by atoms with Crippen LogP contribution in [0, 0.1) is 6.92 Å². The van der Waals surface area contributed by atoms with Crippen molar-refractivity contribution in [2.45, 2.75) is 18.4 Å². The Hall–Kier alpha value is -2.31. The van der Waals surface area contributed by atoms with E-state index in [0.29, 0.717) is 5.75 Å². The fourth-order valence-corrected chi connectivity index (χ4v) is 3.46. The molecule has 2 aromatic carbocycles. The van der Waals surface area contributed by atoms with Crippen molar-refractivity contribution in [2.24, 2.45) is 0 Å². The summed E-state index contributed by atoms with van der Waals surface area (Å²) in [4.78, 5) is 0.212. The van der Waals surface area contributed by atoms with E-state index < -0.39 is 10.0 Å². The fraction of sp³-hybridized carbons (Fsp3) is 0.222. The summed E-state index contributed by atoms with van der Waals surface area (Å²) in [6, 6.07) is 13.9. The predicted octanol–water partition coefficient (Wildman–Crippen LogP) is 2.70. The van der Waals surface area contributed by atoms with Crippen LogP contribution in [0.1, 0.15) is 11.1 Å². The zero-order valence-electron chi connectivity index (χ0n) is 13.7. The van der Waals surface area contributed by atoms with E-state index in [1.807, 2.05) is 19.1 Å². The molecule has 0 unspecified atom stereocenters. The smallest absolute Gasteiger partial charge is 0.264 e. The molecule has 0 aromatic heterocycles. The number of hydrogen-bond acceptors (Lipinski definition) is 4. The van der Waals surface area contributed by atoms with Gasteiger partial charge in [0.15, 0.2) is 0 Å². The van der Waals surface area contributed by atoms with Gasteiger partial charge in [-0.15, -0.1) is 0 Å². The number of aryl methyl sites for hydroxylation is 1. The van der Waals surface area contributed by atoms with Gasteiger partial charge in [0.2, 0.25) is 0 Å². The maximum Gasteiger partial charge on any atom is 0.264 e. The molecule has 0 aliphatic heterocycles. The number of methoxy groups -OCH3 is 1. The standard InChI is InChI=1S/C18H21NO4S/c1-15-4-10-18(11-5-15)24(21,22)19(12-3-13-20)14-16-6-8-17(23-2)9-7-16/h3-12,20H,13-14H2,1-2H3/b12-3+. The lowest BCUT2D eigenvalue weighted by Crippen LogP contribution is -2.25. The number of nitrogens with zero attached hydrogens (tertiary/aromatic N) is 1. The minimum atomic E-state index is -3.70. The van der Waals surface area contributed by atoms with Gasteiger partial charge in [-0.2, -0.15) is 0 Å². The molecule has 0 saturated carbocycles. The Kier molecular flexibility index (Phi) is 6.00. The zero-order chi connectivity index (χ0) is 17.6. The molecule has 1 N–H and O–H groups in total. The van der Waals surface area contributed by atoms with Gasteiger partial charge in [-0.25, -0.2) is 8.42 Å². The van der Waals surface area contributed by atoms with Crippen molar-refractivity contribution >= 4 is 10.0 Å². The summed E-state index contributed by atoms with van der Waals surface area (Å²) < 4.78 is 32.0. The maximum absolute atomic E-state index is 12.8. The van der Waals surface area contributed by atoms with E-state index in [2.05, 4.69) is 0 Å². The first-order valence-electron chi connectivity index (χ1n) is 7.46. The minimum Gasteiger partial charge on any atom is -0.497 e. The molecule has 0 aliphatic rings. The Labute approximate surface area is 142 Å². The van der Waals surface area contributed by atoms with Gasteiger partial charge in [-0.05, 0) is 42.8 Å². The second kappa shape index (κ2) is 7.99. The number of rotatable bonds is 7. The molecule has 0 atom stereocenters. The van der Waals surface area contributed by atoms with E-state index in [1.54, 1.807) is 43.5 Å². The Balaban J connectivity index is 2.32. The first-order valence-corrected chi connectivity index (χ1v) is 8.90. The van der Waals surface area contributed by atoms with Gasteiger partial charge in [0, 0.05) is 6.20 Å². The van der Waals surface area contributed by atoms with Gasteiger partial charge < -0.3 is 9.84 Å². The Morgan fingerprint density at radius 1 is 1.08 bits per heavy atom. The average molecular weight is 347 g/mol. The number of hydrogen-bond donors (Lipinski definition) is 1. The highest BCUT2D eigenvalue weighted by molar-refractivity contribution is 7.89. The van der Waals surface area contributed by atoms with Crippen molar-refractivity contribution in [2.75, 3.05) is 13.7 Å². The van der Waals surface area contributed by atoms with Crippen LogP contribution in [0.3, 0.4) is 0 Å². The fourth-order valence-electron chi connectivity index (χ4n) is 2.14. The first-order chi connectivity index (χ1) is 11.5. The van der Waals surface area contributed by atoms with Crippen LogP contribution >= 0.6 is 0 Å². The van der Waals surface area contributed by atoms with Crippen molar-refractivity contribution in [3.63, 3.8) is 0 Å². The quantitative estimate of drug-likeness (QED) is 0.836. The summed E-state index contributed by atoms with van der Waals surface area (Å²) in [5.41, 5.74) is 1.80. The van der Waals surface area contributed by atoms with E-state index in [9.17, 15) is 8.42 Å². The van der Waals surface area contributed by atoms with Crippen LogP contribution in [0.15, 0.2) is 65.7 Å². The molecule has 128 valence electrons. The zero-order valence-corrected chi connectivity index (χ0v) is 14.5. The number of aliphatic hydroxyl groups excluding tert-OH is 1. The van der Waals surface area contributed by atoms with Crippen LogP contribution in [-0.2, 0) is 16.6 Å². The number of benzene rings is 2. The number of aliphatic hydroxyl groups is 1. The second-order valence-corrected chi connectivity index (χ2v) is 7.17. The Bertz CT molecular complexity index is 781. The van der Waals surface area contributed by atoms with Crippen LogP contribution < -0.4 is 4.74 Å². The highest BCUT2D eigenvalue weighted by Crippen LogP contribution is 2.20. The van der Waals surface area contributed by atoms with E-state index in [1.165, 1.54) is 16.6 Å². The molecule has 0 fully saturated rings. The lowest BCUT2D eigenvalue weighted by atomic mass is 10.2. The molecule has 0 bridgehead atoms. The van der Waals surface area contributed by atoms with Crippen LogP contribution in [0.2, 0.25) is 0 Å². The largest absolute Gasteiger partial charge is 0.497 e. The lowest BCUT2D eigenvalue weighted by molar-refractivity contribution is 0.340. The van der Waals surface area contributed by atoms with E-state index in [0.717, 1.165) is 11.1 Å². The van der Waals surface area contributed by atoms with Gasteiger partial charge in [0.05, 0.1) is 25.2 Å². The van der Waals surface area contributed by atoms with Crippen LogP contribution in [0.5, 0.6) is 5.75 Å². The molecule has 2 rings (SSSR count). The molecule has 0 saturated heterocycles. The van der Waals surface area contributed by atoms with E-state index >= 15 is 0 Å². The van der Waals surface area contributed by atoms with Gasteiger partial charge in [-0.1, -0.05) is 29.8 Å². The molecule has 6 heteroatoms. The third-order valence-corrected chi connectivity index (χ3v) is 5.24. The lowest BCUT2D eigenvalue weighted by Gasteiger charge is -2.21. The SMILES string of the molecule is COc1ccc(CN(/C=C/CO)S(=O)(=O)c2ccc(C)cc2)cc1. The van der Waals surface area contributed by atoms with Crippen LogP contribution in [0.4, 0.5) is 0 Å². The highest BCUT2D eigenvalue weighted by atomic mass is 32.2. The van der Waals surface area contributed by atoms with Crippen molar-refractivity contribution in [1.29, 1.82) is 0 Å². The summed E-state index contributed by atoms with van der Waals surface area (Å²) in [6.45, 7) is 1.83. The summed E-state index contributed by atoms with van der Waals surface area (Å²) in [7, 11) is -2.12. The summed E-state index contributed by atoms with van der Waals surface area (Å²) >= 11 is 0. The molecule has 0 aliphatic carbocycles. The maximum atomic E-state index is 12.8. The number of ether oxygens (including phenoxy) is 1. The molecule has 24 heavy (non-hydrogen) atoms. The third-order valence-electron chi connectivity index (χ3n) is 3.50. The average Bonchev–Trinajstić information content (AvgIpc) is 2.59. The van der Waals surface area contributed by atoms with Gasteiger partial charge in [0.25, 0.3) is 10.0 Å². The summed E-state index contributed by atoms with van der Waals surface area (Å²) in [6.07, 6.45) is 2.79. The highest BCUT2D eigenvalue weighted by Gasteiger charge is 2.21. The molecular weight excluding hydrogens is 326 g/mol. The topological polar surface area (TPSA) is 66.8 Å². The third kappa shape index (κ3) is 4.37. The van der Waals surface area contributed by atoms with Crippen molar-refractivity contribution in [3.8, 4) is 5.75 Å². The molecule has 5 nitrogen and oxygen atoms in total. The van der Waals surface area contributed by atoms with Gasteiger partial charge in [0.1, 0.15) is 5.75 Å². The minimum absolute atomic E-state index is 0.163. The molecule has 2 aromatic rings. The van der Waals surface area contributed by atoms with Crippen LogP contribution in [-0.4, -0.2) is 31.5 Å². The first kappa shape index (κ1) is 18.0. The molecule has 0 radical (unpaired) electrons. The van der Waals surface area contributed by atoms with E-state index in [-0.39, 0.29) is 18.0 Å². The normalized spacial score (nSPS) is 11.6. The molecule has 0 spiro atoms.